The summed E-state index contributed by atoms with van der Waals surface area (Å²) in [5, 5.41) is 2.78. The molecule has 2 amide bonds. The molecule has 0 unspecified atom stereocenters. The molecule has 4 rings (SSSR count). The lowest BCUT2D eigenvalue weighted by atomic mass is 10.1. The Kier molecular flexibility index (Phi) is 7.02. The third-order valence-corrected chi connectivity index (χ3v) is 6.03. The van der Waals surface area contributed by atoms with E-state index in [4.69, 9.17) is 15.6 Å². The molecule has 37 heavy (non-hydrogen) atoms. The Morgan fingerprint density at radius 3 is 2.46 bits per heavy atom. The molecule has 0 bridgehead atoms. The lowest BCUT2D eigenvalue weighted by Gasteiger charge is -2.28. The van der Waals surface area contributed by atoms with Gasteiger partial charge in [0.1, 0.15) is 22.8 Å². The second kappa shape index (κ2) is 10.0. The number of carbonyl (C=O) groups excluding carboxylic acids is 3. The summed E-state index contributed by atoms with van der Waals surface area (Å²) in [4.78, 5) is 48.6. The molecule has 0 saturated carbocycles. The minimum Gasteiger partial charge on any atom is -0.444 e. The first-order valence-electron chi connectivity index (χ1n) is 12.2. The van der Waals surface area contributed by atoms with E-state index in [9.17, 15) is 14.4 Å². The summed E-state index contributed by atoms with van der Waals surface area (Å²) in [6.07, 6.45) is 2.60. The molecule has 1 aliphatic rings. The molecule has 10 heteroatoms. The van der Waals surface area contributed by atoms with Crippen molar-refractivity contribution in [3.05, 3.63) is 65.2 Å². The number of amides is 2. The van der Waals surface area contributed by atoms with E-state index in [0.717, 1.165) is 12.0 Å². The zero-order valence-corrected chi connectivity index (χ0v) is 21.7. The van der Waals surface area contributed by atoms with Gasteiger partial charge in [-0.3, -0.25) is 14.5 Å². The Balaban J connectivity index is 1.62. The van der Waals surface area contributed by atoms with Gasteiger partial charge in [0.25, 0.3) is 5.91 Å². The van der Waals surface area contributed by atoms with Crippen molar-refractivity contribution in [2.24, 2.45) is 0 Å². The van der Waals surface area contributed by atoms with Crippen molar-refractivity contribution in [3.63, 3.8) is 0 Å². The molecule has 3 aromatic rings. The number of nitrogens with two attached hydrogens (primary N) is 1. The van der Waals surface area contributed by atoms with Crippen molar-refractivity contribution >= 4 is 23.6 Å². The first kappa shape index (κ1) is 25.9. The van der Waals surface area contributed by atoms with Crippen LogP contribution in [0.25, 0.3) is 11.3 Å². The van der Waals surface area contributed by atoms with Gasteiger partial charge in [-0.2, -0.15) is 0 Å². The molecule has 3 N–H and O–H groups in total. The van der Waals surface area contributed by atoms with E-state index < -0.39 is 17.7 Å². The lowest BCUT2D eigenvalue weighted by Crippen LogP contribution is -2.37. The van der Waals surface area contributed by atoms with Gasteiger partial charge in [-0.25, -0.2) is 19.4 Å². The van der Waals surface area contributed by atoms with Crippen molar-refractivity contribution in [2.45, 2.75) is 59.1 Å². The van der Waals surface area contributed by atoms with Crippen molar-refractivity contribution in [1.82, 2.24) is 19.5 Å². The van der Waals surface area contributed by atoms with Crippen LogP contribution in [0.4, 0.5) is 10.6 Å². The van der Waals surface area contributed by atoms with Crippen molar-refractivity contribution in [3.8, 4) is 11.3 Å². The highest BCUT2D eigenvalue weighted by Crippen LogP contribution is 2.35. The number of Topliss-reactive ketones (excluding diaryl/α,β-unsaturated/α-hetero) is 1. The fraction of sp³-hybridized carbons (Fsp3) is 0.370. The number of carbonyl (C=O) groups is 3. The zero-order chi connectivity index (χ0) is 26.9. The molecule has 194 valence electrons. The molecule has 1 aromatic carbocycles. The fourth-order valence-electron chi connectivity index (χ4n) is 4.37. The average Bonchev–Trinajstić information content (AvgIpc) is 3.42. The van der Waals surface area contributed by atoms with Crippen LogP contribution in [0.2, 0.25) is 0 Å². The summed E-state index contributed by atoms with van der Waals surface area (Å²) in [5.41, 5.74) is 2.03. The van der Waals surface area contributed by atoms with Crippen LogP contribution in [-0.4, -0.2) is 49.5 Å². The van der Waals surface area contributed by atoms with Gasteiger partial charge in [0.2, 0.25) is 0 Å². The third-order valence-electron chi connectivity index (χ3n) is 6.03. The molecule has 1 atom stereocenters. The van der Waals surface area contributed by atoms with E-state index in [1.165, 1.54) is 11.6 Å². The van der Waals surface area contributed by atoms with Gasteiger partial charge in [-0.15, -0.1) is 0 Å². The molecule has 1 fully saturated rings. The summed E-state index contributed by atoms with van der Waals surface area (Å²) in [5.74, 6) is 6.68. The van der Waals surface area contributed by atoms with Gasteiger partial charge in [-0.1, -0.05) is 12.1 Å². The van der Waals surface area contributed by atoms with Gasteiger partial charge in [0.05, 0.1) is 6.04 Å². The normalized spacial score (nSPS) is 15.5. The van der Waals surface area contributed by atoms with Crippen LogP contribution in [0.1, 0.15) is 78.8 Å². The summed E-state index contributed by atoms with van der Waals surface area (Å²) in [6, 6.07) is 9.96. The minimum absolute atomic E-state index is 0.229. The summed E-state index contributed by atoms with van der Waals surface area (Å²) in [7, 11) is 0. The van der Waals surface area contributed by atoms with Gasteiger partial charge < -0.3 is 15.9 Å². The molecule has 3 heterocycles. The Morgan fingerprint density at radius 2 is 1.84 bits per heavy atom. The lowest BCUT2D eigenvalue weighted by molar-refractivity contribution is 0.0217. The maximum atomic E-state index is 12.8. The second-order valence-corrected chi connectivity index (χ2v) is 10.2. The predicted octanol–water partition coefficient (Wildman–Crippen LogP) is 4.49. The number of hydrogen-bond donors (Lipinski definition) is 2. The highest BCUT2D eigenvalue weighted by molar-refractivity contribution is 6.04. The maximum absolute atomic E-state index is 12.8. The van der Waals surface area contributed by atoms with Gasteiger partial charge >= 0.3 is 6.09 Å². The van der Waals surface area contributed by atoms with E-state index in [-0.39, 0.29) is 17.4 Å². The van der Waals surface area contributed by atoms with Crippen LogP contribution in [-0.2, 0) is 4.74 Å². The van der Waals surface area contributed by atoms with Crippen molar-refractivity contribution in [1.29, 1.82) is 0 Å². The number of nitrogen functional groups attached to an aromatic ring is 1. The van der Waals surface area contributed by atoms with Gasteiger partial charge in [0.15, 0.2) is 11.6 Å². The Morgan fingerprint density at radius 1 is 1.14 bits per heavy atom. The van der Waals surface area contributed by atoms with Crippen molar-refractivity contribution in [2.75, 3.05) is 17.7 Å². The van der Waals surface area contributed by atoms with Crippen LogP contribution in [0.5, 0.6) is 0 Å². The molecule has 1 aliphatic heterocycles. The number of rotatable bonds is 5. The topological polar surface area (TPSA) is 132 Å². The van der Waals surface area contributed by atoms with E-state index >= 15 is 0 Å². The van der Waals surface area contributed by atoms with E-state index in [1.54, 1.807) is 41.4 Å². The molecule has 0 aliphatic carbocycles. The summed E-state index contributed by atoms with van der Waals surface area (Å²) in [6.45, 7) is 9.29. The first-order valence-corrected chi connectivity index (χ1v) is 12.2. The summed E-state index contributed by atoms with van der Waals surface area (Å²) < 4.78 is 6.84. The Labute approximate surface area is 215 Å². The van der Waals surface area contributed by atoms with Crippen LogP contribution in [0.15, 0.2) is 42.6 Å². The summed E-state index contributed by atoms with van der Waals surface area (Å²) >= 11 is 0. The maximum Gasteiger partial charge on any atom is 0.410 e. The largest absolute Gasteiger partial charge is 0.444 e. The van der Waals surface area contributed by atoms with Crippen LogP contribution in [0, 0.1) is 6.92 Å². The fourth-order valence-corrected chi connectivity index (χ4v) is 4.37. The number of nitrogens with zero attached hydrogens (tertiary/aromatic N) is 4. The highest BCUT2D eigenvalue weighted by Gasteiger charge is 2.37. The quantitative estimate of drug-likeness (QED) is 0.386. The number of anilines is 1. The molecular formula is C27H32N6O4. The van der Waals surface area contributed by atoms with E-state index in [0.29, 0.717) is 41.4 Å². The third kappa shape index (κ3) is 5.63. The Bertz CT molecular complexity index is 1340. The molecule has 0 spiro atoms. The number of pyridine rings is 1. The van der Waals surface area contributed by atoms with E-state index in [2.05, 4.69) is 10.3 Å². The molecule has 0 radical (unpaired) electrons. The SMILES string of the molecule is CC(=O)c1c(-c2ccc(C(=O)Nc3cc(C)ccn3)cc2)nc([C@@H]2CCCN2C(=O)OC(C)(C)C)n1N. The van der Waals surface area contributed by atoms with E-state index in [1.807, 2.05) is 33.8 Å². The second-order valence-electron chi connectivity index (χ2n) is 10.2. The van der Waals surface area contributed by atoms with Crippen LogP contribution >= 0.6 is 0 Å². The zero-order valence-electron chi connectivity index (χ0n) is 21.7. The number of benzene rings is 1. The number of ether oxygens (including phenoxy) is 1. The number of aromatic nitrogens is 3. The van der Waals surface area contributed by atoms with Gasteiger partial charge in [-0.05, 0) is 70.4 Å². The molecule has 2 aromatic heterocycles. The standard InChI is InChI=1S/C27H32N6O4/c1-16-12-13-29-21(15-16)30-25(35)19-10-8-18(9-11-19)22-23(17(2)34)33(28)24(31-22)20-7-6-14-32(20)26(36)37-27(3,4)5/h8-13,15,20H,6-7,14,28H2,1-5H3,(H,29,30,35)/t20-/m0/s1. The minimum atomic E-state index is -0.637. The first-order chi connectivity index (χ1) is 17.4. The average molecular weight is 505 g/mol. The molecule has 10 nitrogen and oxygen atoms in total. The number of nitrogens with one attached hydrogen (secondary N) is 1. The number of imidazole rings is 1. The smallest absolute Gasteiger partial charge is 0.410 e. The predicted molar refractivity (Wildman–Crippen MR) is 140 cm³/mol. The number of aryl methyl sites for hydroxylation is 1. The molecular weight excluding hydrogens is 472 g/mol. The Hall–Kier alpha value is -4.21. The monoisotopic (exact) mass is 504 g/mol. The number of likely N-dealkylation sites (tertiary alicyclic amines) is 1. The van der Waals surface area contributed by atoms with Gasteiger partial charge in [0, 0.05) is 30.8 Å². The number of ketones is 1. The van der Waals surface area contributed by atoms with Crippen LogP contribution < -0.4 is 11.2 Å². The van der Waals surface area contributed by atoms with Crippen molar-refractivity contribution < 1.29 is 19.1 Å². The molecule has 1 saturated heterocycles. The number of hydrogen-bond acceptors (Lipinski definition) is 7. The van der Waals surface area contributed by atoms with Crippen LogP contribution in [0.3, 0.4) is 0 Å². The highest BCUT2D eigenvalue weighted by atomic mass is 16.6.